The molecule has 0 aromatic heterocycles. The Morgan fingerprint density at radius 2 is 2.29 bits per heavy atom. The third kappa shape index (κ3) is 0.682. The maximum absolute atomic E-state index is 3.19. The fraction of sp³-hybridized carbons (Fsp3) is 0.667. The molecule has 1 rings (SSSR count). The minimum Gasteiger partial charge on any atom is -0.311 e. The van der Waals surface area contributed by atoms with Gasteiger partial charge in [-0.1, -0.05) is 12.2 Å². The highest BCUT2D eigenvalue weighted by atomic mass is 14.9. The smallest absolute Gasteiger partial charge is 0.0367 e. The van der Waals surface area contributed by atoms with E-state index >= 15 is 0 Å². The molecule has 0 saturated heterocycles. The first-order chi connectivity index (χ1) is 3.27. The molecule has 0 aliphatic heterocycles. The average Bonchev–Trinajstić information content (AvgIpc) is 1.61. The van der Waals surface area contributed by atoms with Crippen LogP contribution >= 0.6 is 0 Å². The normalized spacial score (nSPS) is 38.0. The Kier molecular flexibility index (Phi) is 0.927. The standard InChI is InChI=1S/C6H11N/c1-6(7-2)4-3-5-6/h3-4,7H,5H2,1-2H3. The van der Waals surface area contributed by atoms with Crippen molar-refractivity contribution in [3.8, 4) is 0 Å². The van der Waals surface area contributed by atoms with E-state index in [-0.39, 0.29) is 0 Å². The Morgan fingerprint density at radius 1 is 1.71 bits per heavy atom. The highest BCUT2D eigenvalue weighted by Crippen LogP contribution is 2.20. The first-order valence-corrected chi connectivity index (χ1v) is 2.63. The molecular formula is C6H11N. The van der Waals surface area contributed by atoms with Crippen molar-refractivity contribution < 1.29 is 0 Å². The van der Waals surface area contributed by atoms with Crippen molar-refractivity contribution in [1.29, 1.82) is 0 Å². The lowest BCUT2D eigenvalue weighted by Gasteiger charge is -2.30. The van der Waals surface area contributed by atoms with Crippen molar-refractivity contribution in [2.24, 2.45) is 0 Å². The molecule has 1 atom stereocenters. The summed E-state index contributed by atoms with van der Waals surface area (Å²) in [6.45, 7) is 2.19. The van der Waals surface area contributed by atoms with Gasteiger partial charge < -0.3 is 5.32 Å². The van der Waals surface area contributed by atoms with Crippen LogP contribution in [0.4, 0.5) is 0 Å². The van der Waals surface area contributed by atoms with Gasteiger partial charge in [-0.2, -0.15) is 0 Å². The van der Waals surface area contributed by atoms with E-state index in [0.29, 0.717) is 5.54 Å². The predicted octanol–water partition coefficient (Wildman–Crippen LogP) is 0.924. The lowest BCUT2D eigenvalue weighted by atomic mass is 9.88. The molecule has 7 heavy (non-hydrogen) atoms. The van der Waals surface area contributed by atoms with Crippen LogP contribution in [0.1, 0.15) is 13.3 Å². The van der Waals surface area contributed by atoms with E-state index < -0.39 is 0 Å². The summed E-state index contributed by atoms with van der Waals surface area (Å²) < 4.78 is 0. The van der Waals surface area contributed by atoms with E-state index in [2.05, 4.69) is 24.4 Å². The number of hydrogen-bond acceptors (Lipinski definition) is 1. The minimum atomic E-state index is 0.333. The lowest BCUT2D eigenvalue weighted by Crippen LogP contribution is -2.41. The van der Waals surface area contributed by atoms with E-state index in [4.69, 9.17) is 0 Å². The zero-order valence-electron chi connectivity index (χ0n) is 4.86. The van der Waals surface area contributed by atoms with Crippen molar-refractivity contribution in [1.82, 2.24) is 5.32 Å². The summed E-state index contributed by atoms with van der Waals surface area (Å²) in [6, 6.07) is 0. The Labute approximate surface area is 44.4 Å². The second-order valence-electron chi connectivity index (χ2n) is 2.27. The van der Waals surface area contributed by atoms with Gasteiger partial charge in [-0.05, 0) is 20.4 Å². The largest absolute Gasteiger partial charge is 0.311 e. The van der Waals surface area contributed by atoms with Crippen LogP contribution in [0.15, 0.2) is 12.2 Å². The van der Waals surface area contributed by atoms with Crippen molar-refractivity contribution >= 4 is 0 Å². The second-order valence-corrected chi connectivity index (χ2v) is 2.27. The average molecular weight is 97.2 g/mol. The van der Waals surface area contributed by atoms with Crippen molar-refractivity contribution in [3.63, 3.8) is 0 Å². The summed E-state index contributed by atoms with van der Waals surface area (Å²) >= 11 is 0. The van der Waals surface area contributed by atoms with Crippen LogP contribution in [0.2, 0.25) is 0 Å². The molecule has 0 heterocycles. The lowest BCUT2D eigenvalue weighted by molar-refractivity contribution is 0.448. The van der Waals surface area contributed by atoms with Gasteiger partial charge in [-0.25, -0.2) is 0 Å². The van der Waals surface area contributed by atoms with Gasteiger partial charge in [-0.3, -0.25) is 0 Å². The van der Waals surface area contributed by atoms with Crippen LogP contribution in [0, 0.1) is 0 Å². The van der Waals surface area contributed by atoms with E-state index in [0.717, 1.165) is 0 Å². The zero-order valence-corrected chi connectivity index (χ0v) is 4.86. The van der Waals surface area contributed by atoms with Crippen molar-refractivity contribution in [3.05, 3.63) is 12.2 Å². The Bertz CT molecular complexity index is 96.4. The van der Waals surface area contributed by atoms with Crippen LogP contribution < -0.4 is 5.32 Å². The molecule has 0 radical (unpaired) electrons. The van der Waals surface area contributed by atoms with Gasteiger partial charge in [0.05, 0.1) is 0 Å². The molecule has 0 fully saturated rings. The fourth-order valence-corrected chi connectivity index (χ4v) is 0.657. The number of rotatable bonds is 1. The molecular weight excluding hydrogens is 86.1 g/mol. The molecule has 0 bridgehead atoms. The Balaban J connectivity index is 2.47. The first kappa shape index (κ1) is 4.85. The number of hydrogen-bond donors (Lipinski definition) is 1. The molecule has 0 saturated carbocycles. The molecule has 1 unspecified atom stereocenters. The highest BCUT2D eigenvalue weighted by molar-refractivity contribution is 5.16. The Hall–Kier alpha value is -0.300. The van der Waals surface area contributed by atoms with Gasteiger partial charge in [0.15, 0.2) is 0 Å². The maximum Gasteiger partial charge on any atom is 0.0367 e. The quantitative estimate of drug-likeness (QED) is 0.480. The molecule has 1 heteroatoms. The second kappa shape index (κ2) is 1.34. The summed E-state index contributed by atoms with van der Waals surface area (Å²) in [6.07, 6.45) is 5.55. The number of nitrogens with one attached hydrogen (secondary N) is 1. The molecule has 1 N–H and O–H groups in total. The van der Waals surface area contributed by atoms with Crippen molar-refractivity contribution in [2.75, 3.05) is 7.05 Å². The topological polar surface area (TPSA) is 12.0 Å². The molecule has 0 spiro atoms. The minimum absolute atomic E-state index is 0.333. The van der Waals surface area contributed by atoms with E-state index in [1.54, 1.807) is 0 Å². The molecule has 0 amide bonds. The summed E-state index contributed by atoms with van der Waals surface area (Å²) in [7, 11) is 1.99. The summed E-state index contributed by atoms with van der Waals surface area (Å²) in [4.78, 5) is 0. The Morgan fingerprint density at radius 3 is 2.29 bits per heavy atom. The summed E-state index contributed by atoms with van der Waals surface area (Å²) in [5.74, 6) is 0. The predicted molar refractivity (Wildman–Crippen MR) is 31.2 cm³/mol. The zero-order chi connectivity index (χ0) is 5.33. The van der Waals surface area contributed by atoms with Crippen LogP contribution in [-0.2, 0) is 0 Å². The van der Waals surface area contributed by atoms with Crippen molar-refractivity contribution in [2.45, 2.75) is 18.9 Å². The van der Waals surface area contributed by atoms with Gasteiger partial charge in [0.1, 0.15) is 0 Å². The third-order valence-electron chi connectivity index (χ3n) is 1.60. The molecule has 0 aromatic rings. The van der Waals surface area contributed by atoms with E-state index in [1.165, 1.54) is 6.42 Å². The van der Waals surface area contributed by atoms with Crippen LogP contribution in [0.25, 0.3) is 0 Å². The van der Waals surface area contributed by atoms with E-state index in [1.807, 2.05) is 7.05 Å². The van der Waals surface area contributed by atoms with Gasteiger partial charge in [0.25, 0.3) is 0 Å². The SMILES string of the molecule is CNC1(C)C=CC1. The van der Waals surface area contributed by atoms with Gasteiger partial charge >= 0.3 is 0 Å². The third-order valence-corrected chi connectivity index (χ3v) is 1.60. The molecule has 1 nitrogen and oxygen atoms in total. The molecule has 40 valence electrons. The molecule has 0 aromatic carbocycles. The summed E-state index contributed by atoms with van der Waals surface area (Å²) in [5.41, 5.74) is 0.333. The monoisotopic (exact) mass is 97.1 g/mol. The first-order valence-electron chi connectivity index (χ1n) is 2.63. The van der Waals surface area contributed by atoms with Gasteiger partial charge in [-0.15, -0.1) is 0 Å². The highest BCUT2D eigenvalue weighted by Gasteiger charge is 2.21. The number of likely N-dealkylation sites (N-methyl/N-ethyl adjacent to an activating group) is 1. The summed E-state index contributed by atoms with van der Waals surface area (Å²) in [5, 5.41) is 3.19. The molecule has 1 aliphatic carbocycles. The van der Waals surface area contributed by atoms with Crippen LogP contribution in [0.3, 0.4) is 0 Å². The maximum atomic E-state index is 3.19. The van der Waals surface area contributed by atoms with Crippen LogP contribution in [0.5, 0.6) is 0 Å². The van der Waals surface area contributed by atoms with E-state index in [9.17, 15) is 0 Å². The fourth-order valence-electron chi connectivity index (χ4n) is 0.657. The van der Waals surface area contributed by atoms with Gasteiger partial charge in [0.2, 0.25) is 0 Å². The van der Waals surface area contributed by atoms with Crippen LogP contribution in [-0.4, -0.2) is 12.6 Å². The van der Waals surface area contributed by atoms with Gasteiger partial charge in [0, 0.05) is 5.54 Å². The molecule has 1 aliphatic rings.